The van der Waals surface area contributed by atoms with Crippen molar-refractivity contribution in [3.05, 3.63) is 120 Å². The number of nitrogens with two attached hydrogens (primary N) is 4. The molecule has 3 aliphatic heterocycles. The molecule has 0 saturated carbocycles. The number of guanidine groups is 1. The first-order valence-corrected chi connectivity index (χ1v) is 49.1. The second-order valence-corrected chi connectivity index (χ2v) is 37.5. The predicted molar refractivity (Wildman–Crippen MR) is 528 cm³/mol. The Balaban J connectivity index is 1.13. The number of primary amides is 2. The number of nitrogens with zero attached hydrogens (tertiary/aromatic N) is 5. The van der Waals surface area contributed by atoms with Gasteiger partial charge in [-0.05, 0) is 135 Å². The first-order valence-electron chi connectivity index (χ1n) is 48.0. The van der Waals surface area contributed by atoms with Crippen molar-refractivity contribution >= 4 is 140 Å². The Kier molecular flexibility index (Phi) is 42.2. The molecule has 142 heavy (non-hydrogen) atoms. The van der Waals surface area contributed by atoms with Crippen LogP contribution in [0.1, 0.15) is 148 Å². The molecular formula is C97H137N23O21S. The number of aliphatic hydroxyl groups excluding tert-OH is 2. The Bertz CT molecular complexity index is 5470. The smallest absolute Gasteiger partial charge is 0.246 e. The normalized spacial score (nSPS) is 24.1. The van der Waals surface area contributed by atoms with Gasteiger partial charge in [0.15, 0.2) is 5.96 Å². The van der Waals surface area contributed by atoms with Crippen LogP contribution in [0.15, 0.2) is 103 Å². The van der Waals surface area contributed by atoms with Crippen LogP contribution >= 0.6 is 11.8 Å². The van der Waals surface area contributed by atoms with Gasteiger partial charge in [0.05, 0.1) is 38.0 Å². The minimum atomic E-state index is -1.94. The number of aliphatic hydroxyl groups is 2. The second-order valence-electron chi connectivity index (χ2n) is 36.5. The molecule has 3 aliphatic rings. The number of H-pyrrole nitrogens is 2. The lowest BCUT2D eigenvalue weighted by molar-refractivity contribution is -0.149. The number of hydrogen-bond donors (Lipinski definition) is 21. The topological polar surface area (TPSA) is 668 Å². The molecule has 25 N–H and O–H groups in total. The number of amides is 17. The number of hydrogen-bond acceptors (Lipinski definition) is 24. The monoisotopic (exact) mass is 1990 g/mol. The van der Waals surface area contributed by atoms with E-state index >= 15 is 38.4 Å². The minimum Gasteiger partial charge on any atom is -0.508 e. The summed E-state index contributed by atoms with van der Waals surface area (Å²) in [5.74, 6) is -17.8. The maximum absolute atomic E-state index is 16.3. The van der Waals surface area contributed by atoms with Crippen molar-refractivity contribution in [1.29, 1.82) is 5.41 Å². The van der Waals surface area contributed by atoms with Crippen LogP contribution in [0.25, 0.3) is 33.1 Å². The van der Waals surface area contributed by atoms with Crippen LogP contribution in [-0.2, 0) is 101 Å². The van der Waals surface area contributed by atoms with Crippen LogP contribution in [0.2, 0.25) is 0 Å². The van der Waals surface area contributed by atoms with Crippen LogP contribution in [0, 0.1) is 11.3 Å². The van der Waals surface area contributed by atoms with Crippen molar-refractivity contribution in [3.63, 3.8) is 0 Å². The van der Waals surface area contributed by atoms with E-state index in [2.05, 4.69) is 68.5 Å². The lowest BCUT2D eigenvalue weighted by Crippen LogP contribution is -2.62. The first kappa shape index (κ1) is 112. The molecule has 3 fully saturated rings. The number of carbonyl (C=O) groups is 17. The largest absolute Gasteiger partial charge is 0.508 e. The number of para-hydroxylation sites is 2. The molecule has 44 nitrogen and oxygen atoms in total. The van der Waals surface area contributed by atoms with E-state index in [4.69, 9.17) is 33.1 Å². The molecule has 15 atom stereocenters. The molecule has 772 valence electrons. The van der Waals surface area contributed by atoms with Gasteiger partial charge in [-0.15, -0.1) is 11.8 Å². The van der Waals surface area contributed by atoms with Crippen LogP contribution in [-0.4, -0.2) is 325 Å². The first-order chi connectivity index (χ1) is 67.7. The van der Waals surface area contributed by atoms with Crippen LogP contribution in [0.5, 0.6) is 11.5 Å². The summed E-state index contributed by atoms with van der Waals surface area (Å²) in [7, 11) is 3.91. The number of rotatable bonds is 29. The molecule has 3 unspecified atom stereocenters. The third-order valence-electron chi connectivity index (χ3n) is 25.3. The number of ether oxygens (including phenoxy) is 1. The Morgan fingerprint density at radius 2 is 1.14 bits per heavy atom. The molecule has 3 saturated heterocycles. The van der Waals surface area contributed by atoms with E-state index in [1.165, 1.54) is 52.3 Å². The number of benzene rings is 4. The summed E-state index contributed by atoms with van der Waals surface area (Å²) in [6, 6.07) is 4.58. The van der Waals surface area contributed by atoms with Gasteiger partial charge in [-0.1, -0.05) is 109 Å². The fourth-order valence-electron chi connectivity index (χ4n) is 17.5. The summed E-state index contributed by atoms with van der Waals surface area (Å²) in [5, 5.41) is 71.2. The molecule has 45 heteroatoms. The number of thioether (sulfide) groups is 1. The summed E-state index contributed by atoms with van der Waals surface area (Å²) in [4.78, 5) is 263. The molecule has 9 rings (SSSR count). The molecule has 2 aromatic heterocycles. The molecule has 4 aromatic carbocycles. The molecule has 6 aromatic rings. The highest BCUT2D eigenvalue weighted by Gasteiger charge is 2.47. The summed E-state index contributed by atoms with van der Waals surface area (Å²) in [5.41, 5.74) is 26.7. The quantitative estimate of drug-likeness (QED) is 0.0145. The standard InChI is InChI=1S/C97H137N23O21S/c1-10-13-26-75-89(133)108-66(25-19-37-103-97(101)102)85(129)115-74(84(128)105-48-80(100)125)51-142-52-81(126)106-69(41-55-29-33-58(122)34-30-55)92(136)116(7)54(6)83(127)110-71(45-79(99)124)94(138)119-38-20-28-76(119)90(134)113-72(46-98)87(131)111-68(40-53(4)5)95(139)120-49-59(123)43-78(120)91(135)109-67(42-57-47-104-64-23-17-15-21-61(57)64)86(130)114-73(50-121)88(132)112-70(93(137)118(9)77(27-14-11-2)96(140)117(75)8)44-63-62-22-16-18-24-65(62)107-82(63)56-31-35-60(36-32-56)141-39-12-3/h15-18,21-24,29-36,47,53-54,59,66-78,104,107,121-123H,10-14,19-20,25-28,37-46,48-52,98H2,1-9H3,(H2,99,124)(H2,100,125)(H,105,128)(H,106,126)(H,108,133)(H,109,135)(H,110,127)(H,111,131)(H,112,132)(H,113,134)(H,114,130)(H,115,129)(H4,101,102,103)/t54-,59+,66?,67-,68-,69-,70-,71-,72-,73-,74-,75-,76?,77-,78?/m0/s1. The maximum atomic E-state index is 16.3. The highest BCUT2D eigenvalue weighted by molar-refractivity contribution is 8.00. The van der Waals surface area contributed by atoms with Crippen molar-refractivity contribution in [1.82, 2.24) is 93.0 Å². The molecule has 0 radical (unpaired) electrons. The Hall–Kier alpha value is -14.0. The number of carbonyl (C=O) groups excluding carboxylic acids is 17. The van der Waals surface area contributed by atoms with Gasteiger partial charge in [0.2, 0.25) is 100 Å². The Morgan fingerprint density at radius 3 is 1.79 bits per heavy atom. The maximum Gasteiger partial charge on any atom is 0.246 e. The van der Waals surface area contributed by atoms with Crippen LogP contribution < -0.4 is 86.2 Å². The lowest BCUT2D eigenvalue weighted by Gasteiger charge is -2.36. The molecule has 5 heterocycles. The van der Waals surface area contributed by atoms with Gasteiger partial charge in [-0.3, -0.25) is 86.9 Å². The summed E-state index contributed by atoms with van der Waals surface area (Å²) in [6.07, 6.45) is 0.0558. The van der Waals surface area contributed by atoms with Gasteiger partial charge in [-0.2, -0.15) is 0 Å². The van der Waals surface area contributed by atoms with Gasteiger partial charge in [0, 0.05) is 112 Å². The van der Waals surface area contributed by atoms with E-state index in [0.29, 0.717) is 87.8 Å². The third kappa shape index (κ3) is 30.8. The van der Waals surface area contributed by atoms with Crippen LogP contribution in [0.3, 0.4) is 0 Å². The number of fused-ring (bicyclic) bond motifs is 4. The van der Waals surface area contributed by atoms with E-state index < -0.39 is 248 Å². The van der Waals surface area contributed by atoms with Gasteiger partial charge in [0.25, 0.3) is 0 Å². The summed E-state index contributed by atoms with van der Waals surface area (Å²) < 4.78 is 5.95. The zero-order valence-electron chi connectivity index (χ0n) is 81.6. The van der Waals surface area contributed by atoms with E-state index in [1.807, 2.05) is 26.8 Å². The van der Waals surface area contributed by atoms with Gasteiger partial charge >= 0.3 is 0 Å². The van der Waals surface area contributed by atoms with E-state index in [1.54, 1.807) is 86.8 Å². The van der Waals surface area contributed by atoms with Crippen molar-refractivity contribution < 1.29 is 102 Å². The average molecular weight is 1990 g/mol. The fourth-order valence-corrected chi connectivity index (χ4v) is 18.3. The number of aromatic hydroxyl groups is 1. The number of aromatic amines is 2. The number of phenolic OH excluding ortho intramolecular Hbond substituents is 1. The highest BCUT2D eigenvalue weighted by Crippen LogP contribution is 2.34. The zero-order valence-corrected chi connectivity index (χ0v) is 82.4. The molecule has 0 spiro atoms. The Labute approximate surface area is 827 Å². The van der Waals surface area contributed by atoms with Gasteiger partial charge in [-0.25, -0.2) is 0 Å². The summed E-state index contributed by atoms with van der Waals surface area (Å²) in [6.45, 7) is 7.70. The third-order valence-corrected chi connectivity index (χ3v) is 26.4. The van der Waals surface area contributed by atoms with Gasteiger partial charge < -0.3 is 136 Å². The lowest BCUT2D eigenvalue weighted by atomic mass is 9.96. The van der Waals surface area contributed by atoms with Crippen molar-refractivity contribution in [3.8, 4) is 22.8 Å². The second kappa shape index (κ2) is 53.6. The Morgan fingerprint density at radius 1 is 0.563 bits per heavy atom. The SMILES string of the molecule is CCCC[C@H]1C(=O)N(C)[C@@H](CCCC)C(=O)NC(CCCNC(=N)N)C(=O)N[C@H](C(=O)NCC(N)=O)CSCC(=O)N[C@@H](Cc2ccc(O)cc2)C(=O)N(C)[C@@H](C)C(=O)N[C@@H](CC(N)=O)C(=O)N2CCCC2C(=O)N[C@@H](CN)C(=O)N[C@@H](CC(C)C)C(=O)N2C[C@H](O)CC2C(=O)N[C@@H](Cc2c[nH]c3ccccc23)C(=O)N[C@@H](CO)C(=O)N[C@@H](Cc2c(-c3ccc(OCCC)cc3)[nH]c3ccccc23)C(=O)N1C. The van der Waals surface area contributed by atoms with Crippen molar-refractivity contribution in [2.75, 3.05) is 78.6 Å². The van der Waals surface area contributed by atoms with E-state index in [0.717, 1.165) is 42.7 Å². The van der Waals surface area contributed by atoms with E-state index in [-0.39, 0.29) is 89.0 Å². The predicted octanol–water partition coefficient (Wildman–Crippen LogP) is -1.48. The van der Waals surface area contributed by atoms with Crippen molar-refractivity contribution in [2.24, 2.45) is 28.9 Å². The zero-order chi connectivity index (χ0) is 104. The number of likely N-dealkylation sites (N-methyl/N-ethyl adjacent to an activating group) is 3. The van der Waals surface area contributed by atoms with Gasteiger partial charge in [0.1, 0.15) is 96.1 Å². The fraction of sp³-hybridized carbons (Fsp3) is 0.526. The number of unbranched alkanes of at least 4 members (excludes halogenated alkanes) is 2. The van der Waals surface area contributed by atoms with E-state index in [9.17, 15) is 58.5 Å². The molecule has 17 amide bonds. The highest BCUT2D eigenvalue weighted by atomic mass is 32.2. The summed E-state index contributed by atoms with van der Waals surface area (Å²) >= 11 is 0.757. The van der Waals surface area contributed by atoms with Crippen molar-refractivity contribution in [2.45, 2.75) is 241 Å². The molecular weight excluding hydrogens is 1860 g/mol. The number of nitrogens with one attached hydrogen (secondary N) is 14. The average Bonchev–Trinajstić information content (AvgIpc) is 1.61. The number of aromatic nitrogens is 2. The van der Waals surface area contributed by atoms with Crippen LogP contribution in [0.4, 0.5) is 0 Å². The molecule has 0 aliphatic carbocycles. The molecule has 0 bridgehead atoms. The number of phenols is 1. The minimum absolute atomic E-state index is 0.0216.